The highest BCUT2D eigenvalue weighted by Gasteiger charge is 2.33. The fourth-order valence-electron chi connectivity index (χ4n) is 3.85. The van der Waals surface area contributed by atoms with E-state index in [2.05, 4.69) is 17.2 Å². The zero-order chi connectivity index (χ0) is 16.4. The van der Waals surface area contributed by atoms with Gasteiger partial charge >= 0.3 is 6.03 Å². The number of amides is 2. The third kappa shape index (κ3) is 3.12. The second-order valence-electron chi connectivity index (χ2n) is 6.98. The number of aryl methyl sites for hydroxylation is 1. The molecule has 23 heavy (non-hydrogen) atoms. The zero-order valence-electron chi connectivity index (χ0n) is 14.1. The number of nitrogens with one attached hydrogen (secondary N) is 1. The van der Waals surface area contributed by atoms with Crippen LogP contribution in [-0.4, -0.2) is 33.6 Å². The lowest BCUT2D eigenvalue weighted by Gasteiger charge is -2.32. The quantitative estimate of drug-likeness (QED) is 0.924. The summed E-state index contributed by atoms with van der Waals surface area (Å²) < 4.78 is 1.50. The molecule has 0 unspecified atom stereocenters. The largest absolute Gasteiger partial charge is 0.337 e. The highest BCUT2D eigenvalue weighted by molar-refractivity contribution is 5.74. The lowest BCUT2D eigenvalue weighted by Crippen LogP contribution is -2.47. The van der Waals surface area contributed by atoms with E-state index in [1.54, 1.807) is 11.9 Å². The molecule has 1 N–H and O–H groups in total. The average molecular weight is 318 g/mol. The Hall–Kier alpha value is -1.85. The van der Waals surface area contributed by atoms with E-state index in [1.807, 2.05) is 0 Å². The predicted molar refractivity (Wildman–Crippen MR) is 88.2 cm³/mol. The molecule has 6 nitrogen and oxygen atoms in total. The maximum atomic E-state index is 12.5. The van der Waals surface area contributed by atoms with Gasteiger partial charge in [-0.05, 0) is 31.1 Å². The molecular formula is C17H26N4O2. The average Bonchev–Trinajstić information content (AvgIpc) is 3.05. The minimum absolute atomic E-state index is 0.00551. The van der Waals surface area contributed by atoms with Gasteiger partial charge in [0.25, 0.3) is 5.56 Å². The third-order valence-electron chi connectivity index (χ3n) is 5.60. The standard InChI is InChI=1S/C17H26N4O2/c1-3-17(7-4-5-8-17)11-18-16(23)21-9-6-13-14(10-21)19-12-20(2)15(13)22/h12H,3-11H2,1-2H3,(H,18,23). The molecule has 1 aliphatic heterocycles. The summed E-state index contributed by atoms with van der Waals surface area (Å²) in [6.07, 6.45) is 8.21. The van der Waals surface area contributed by atoms with Gasteiger partial charge in [-0.2, -0.15) is 0 Å². The molecule has 0 atom stereocenters. The molecule has 1 saturated carbocycles. The first-order valence-electron chi connectivity index (χ1n) is 8.61. The Morgan fingerprint density at radius 1 is 1.39 bits per heavy atom. The van der Waals surface area contributed by atoms with Crippen LogP contribution in [0.1, 0.15) is 50.3 Å². The van der Waals surface area contributed by atoms with E-state index < -0.39 is 0 Å². The number of rotatable bonds is 3. The number of carbonyl (C=O) groups is 1. The molecule has 0 radical (unpaired) electrons. The molecule has 2 aliphatic rings. The summed E-state index contributed by atoms with van der Waals surface area (Å²) in [6.45, 7) is 3.99. The van der Waals surface area contributed by atoms with Gasteiger partial charge in [0.05, 0.1) is 18.6 Å². The zero-order valence-corrected chi connectivity index (χ0v) is 14.1. The Labute approximate surface area is 136 Å². The molecule has 2 amide bonds. The maximum Gasteiger partial charge on any atom is 0.317 e. The van der Waals surface area contributed by atoms with Gasteiger partial charge in [0.1, 0.15) is 0 Å². The molecule has 1 fully saturated rings. The fourth-order valence-corrected chi connectivity index (χ4v) is 3.85. The van der Waals surface area contributed by atoms with Gasteiger partial charge in [-0.1, -0.05) is 19.8 Å². The third-order valence-corrected chi connectivity index (χ3v) is 5.60. The van der Waals surface area contributed by atoms with Gasteiger partial charge in [-0.3, -0.25) is 4.79 Å². The Kier molecular flexibility index (Phi) is 4.41. The minimum Gasteiger partial charge on any atom is -0.337 e. The van der Waals surface area contributed by atoms with Crippen molar-refractivity contribution in [3.63, 3.8) is 0 Å². The summed E-state index contributed by atoms with van der Waals surface area (Å²) in [6, 6.07) is -0.0298. The number of nitrogens with zero attached hydrogens (tertiary/aromatic N) is 3. The lowest BCUT2D eigenvalue weighted by molar-refractivity contribution is 0.180. The first kappa shape index (κ1) is 16.0. The van der Waals surface area contributed by atoms with Crippen LogP contribution in [0.3, 0.4) is 0 Å². The van der Waals surface area contributed by atoms with Crippen molar-refractivity contribution in [1.29, 1.82) is 0 Å². The van der Waals surface area contributed by atoms with Crippen molar-refractivity contribution in [2.24, 2.45) is 12.5 Å². The van der Waals surface area contributed by atoms with Gasteiger partial charge in [0.15, 0.2) is 0 Å². The van der Waals surface area contributed by atoms with Gasteiger partial charge < -0.3 is 14.8 Å². The van der Waals surface area contributed by atoms with Crippen molar-refractivity contribution in [2.45, 2.75) is 52.0 Å². The normalized spacial score (nSPS) is 19.5. The SMILES string of the molecule is CCC1(CNC(=O)N2CCc3c(ncn(C)c3=O)C2)CCCC1. The fraction of sp³-hybridized carbons (Fsp3) is 0.706. The second-order valence-corrected chi connectivity index (χ2v) is 6.98. The van der Waals surface area contributed by atoms with E-state index in [0.29, 0.717) is 19.5 Å². The van der Waals surface area contributed by atoms with Crippen molar-refractivity contribution in [3.05, 3.63) is 27.9 Å². The molecule has 3 rings (SSSR count). The molecule has 0 spiro atoms. The van der Waals surface area contributed by atoms with Crippen molar-refractivity contribution in [3.8, 4) is 0 Å². The number of urea groups is 1. The molecular weight excluding hydrogens is 292 g/mol. The van der Waals surface area contributed by atoms with Gasteiger partial charge in [-0.25, -0.2) is 9.78 Å². The van der Waals surface area contributed by atoms with Crippen LogP contribution in [0.4, 0.5) is 4.79 Å². The van der Waals surface area contributed by atoms with Crippen LogP contribution in [-0.2, 0) is 20.0 Å². The van der Waals surface area contributed by atoms with Crippen LogP contribution < -0.4 is 10.9 Å². The highest BCUT2D eigenvalue weighted by Crippen LogP contribution is 2.40. The van der Waals surface area contributed by atoms with Crippen molar-refractivity contribution < 1.29 is 4.79 Å². The highest BCUT2D eigenvalue weighted by atomic mass is 16.2. The van der Waals surface area contributed by atoms with Crippen LogP contribution in [0.2, 0.25) is 0 Å². The van der Waals surface area contributed by atoms with Crippen molar-refractivity contribution in [1.82, 2.24) is 19.8 Å². The second kappa shape index (κ2) is 6.34. The Bertz CT molecular complexity index is 646. The van der Waals surface area contributed by atoms with Gasteiger partial charge in [0, 0.05) is 25.7 Å². The first-order valence-corrected chi connectivity index (χ1v) is 8.61. The monoisotopic (exact) mass is 318 g/mol. The summed E-state index contributed by atoms with van der Waals surface area (Å²) in [5.74, 6) is 0. The minimum atomic E-state index is -0.0298. The number of carbonyl (C=O) groups excluding carboxylic acids is 1. The lowest BCUT2D eigenvalue weighted by atomic mass is 9.83. The number of hydrogen-bond donors (Lipinski definition) is 1. The molecule has 126 valence electrons. The molecule has 1 aromatic heterocycles. The summed E-state index contributed by atoms with van der Waals surface area (Å²) in [4.78, 5) is 30.6. The van der Waals surface area contributed by atoms with Crippen LogP contribution in [0.15, 0.2) is 11.1 Å². The van der Waals surface area contributed by atoms with Crippen LogP contribution in [0.25, 0.3) is 0 Å². The van der Waals surface area contributed by atoms with E-state index in [9.17, 15) is 9.59 Å². The van der Waals surface area contributed by atoms with Crippen molar-refractivity contribution in [2.75, 3.05) is 13.1 Å². The Morgan fingerprint density at radius 3 is 2.83 bits per heavy atom. The van der Waals surface area contributed by atoms with Crippen LogP contribution in [0.5, 0.6) is 0 Å². The smallest absolute Gasteiger partial charge is 0.317 e. The molecule has 1 aromatic rings. The summed E-state index contributed by atoms with van der Waals surface area (Å²) >= 11 is 0. The predicted octanol–water partition coefficient (Wildman–Crippen LogP) is 1.82. The topological polar surface area (TPSA) is 67.2 Å². The van der Waals surface area contributed by atoms with E-state index in [0.717, 1.165) is 24.2 Å². The van der Waals surface area contributed by atoms with E-state index in [-0.39, 0.29) is 17.0 Å². The summed E-state index contributed by atoms with van der Waals surface area (Å²) in [5.41, 5.74) is 1.78. The van der Waals surface area contributed by atoms with Crippen LogP contribution >= 0.6 is 0 Å². The summed E-state index contributed by atoms with van der Waals surface area (Å²) in [7, 11) is 1.71. The molecule has 0 bridgehead atoms. The Balaban J connectivity index is 1.63. The van der Waals surface area contributed by atoms with Gasteiger partial charge in [0.2, 0.25) is 0 Å². The van der Waals surface area contributed by atoms with E-state index in [1.165, 1.54) is 36.6 Å². The number of fused-ring (bicyclic) bond motifs is 1. The molecule has 2 heterocycles. The first-order chi connectivity index (χ1) is 11.0. The van der Waals surface area contributed by atoms with Crippen LogP contribution in [0, 0.1) is 5.41 Å². The van der Waals surface area contributed by atoms with E-state index >= 15 is 0 Å². The van der Waals surface area contributed by atoms with Crippen molar-refractivity contribution >= 4 is 6.03 Å². The Morgan fingerprint density at radius 2 is 2.13 bits per heavy atom. The number of aromatic nitrogens is 2. The van der Waals surface area contributed by atoms with E-state index in [4.69, 9.17) is 0 Å². The molecule has 0 aromatic carbocycles. The summed E-state index contributed by atoms with van der Waals surface area (Å²) in [5, 5.41) is 3.12. The molecule has 0 saturated heterocycles. The molecule has 1 aliphatic carbocycles. The number of hydrogen-bond acceptors (Lipinski definition) is 3. The molecule has 6 heteroatoms. The maximum absolute atomic E-state index is 12.5. The van der Waals surface area contributed by atoms with Gasteiger partial charge in [-0.15, -0.1) is 0 Å².